The maximum absolute atomic E-state index is 6.06. The molecule has 0 saturated carbocycles. The van der Waals surface area contributed by atoms with E-state index in [2.05, 4.69) is 90.5 Å². The maximum atomic E-state index is 6.06. The number of fused-ring (bicyclic) bond motifs is 4. The van der Waals surface area contributed by atoms with Crippen molar-refractivity contribution in [2.45, 2.75) is 34.6 Å². The Morgan fingerprint density at radius 1 is 0.750 bits per heavy atom. The van der Waals surface area contributed by atoms with Gasteiger partial charge in [-0.3, -0.25) is 0 Å². The number of thiophene rings is 1. The summed E-state index contributed by atoms with van der Waals surface area (Å²) in [7, 11) is 0. The number of aromatic nitrogens is 3. The first-order chi connectivity index (χ1) is 18.9. The first-order valence-corrected chi connectivity index (χ1v) is 13.7. The summed E-state index contributed by atoms with van der Waals surface area (Å²) >= 11 is 1.72. The smallest absolute Gasteiger partial charge is 0.216 e. The number of benzene rings is 2. The van der Waals surface area contributed by atoms with Crippen LogP contribution in [-0.4, -0.2) is 15.0 Å². The number of aryl methyl sites for hydroxylation is 5. The van der Waals surface area contributed by atoms with Crippen LogP contribution < -0.4 is 0 Å². The third kappa shape index (κ3) is 5.35. The maximum Gasteiger partial charge on any atom is 0.216 e. The van der Waals surface area contributed by atoms with E-state index in [1.54, 1.807) is 11.3 Å². The van der Waals surface area contributed by atoms with Crippen LogP contribution in [0, 0.1) is 46.8 Å². The monoisotopic (exact) mass is 718 g/mol. The third-order valence-corrected chi connectivity index (χ3v) is 8.02. The Kier molecular flexibility index (Phi) is 7.95. The van der Waals surface area contributed by atoms with Gasteiger partial charge < -0.3 is 14.4 Å². The predicted octanol–water partition coefficient (Wildman–Crippen LogP) is 9.15. The van der Waals surface area contributed by atoms with Gasteiger partial charge >= 0.3 is 0 Å². The number of hydrogen-bond acceptors (Lipinski definition) is 5. The molecule has 0 atom stereocenters. The Labute approximate surface area is 251 Å². The molecule has 7 rings (SSSR count). The Bertz CT molecular complexity index is 1970. The topological polar surface area (TPSA) is 51.8 Å². The molecule has 0 amide bonds. The minimum Gasteiger partial charge on any atom is -0.486 e. The Balaban J connectivity index is 0.000000175. The molecule has 6 heteroatoms. The van der Waals surface area contributed by atoms with Crippen molar-refractivity contribution in [1.29, 1.82) is 0 Å². The van der Waals surface area contributed by atoms with Gasteiger partial charge in [0.2, 0.25) is 5.71 Å². The molecule has 5 aromatic heterocycles. The normalized spacial score (nSPS) is 10.9. The van der Waals surface area contributed by atoms with Gasteiger partial charge in [-0.05, 0) is 73.1 Å². The number of hydrogen-bond donors (Lipinski definition) is 0. The molecule has 2 aromatic carbocycles. The van der Waals surface area contributed by atoms with E-state index in [-0.39, 0.29) is 20.1 Å². The van der Waals surface area contributed by atoms with Gasteiger partial charge in [0.15, 0.2) is 0 Å². The molecular formula is C34H27IrN3OS-2. The van der Waals surface area contributed by atoms with Crippen molar-refractivity contribution < 1.29 is 24.5 Å². The zero-order valence-corrected chi connectivity index (χ0v) is 26.1. The fourth-order valence-corrected chi connectivity index (χ4v) is 5.43. The molecule has 0 unspecified atom stereocenters. The molecule has 0 fully saturated rings. The van der Waals surface area contributed by atoms with Crippen LogP contribution in [-0.2, 0) is 20.1 Å². The van der Waals surface area contributed by atoms with Crippen molar-refractivity contribution in [2.24, 2.45) is 0 Å². The first kappa shape index (κ1) is 27.9. The summed E-state index contributed by atoms with van der Waals surface area (Å²) in [5.74, 6) is 0. The zero-order valence-electron chi connectivity index (χ0n) is 22.9. The standard InChI is InChI=1S/C20H13N2OS.C14H14N.Ir/c1-11-10-24-18-9-21-17(8-16(11)18)15-5-3-4-13-14-7-6-12(2)22-20(14)23-19(13)15;1-10-4-6-13(7-5-10)14-8-11(2)12(3)9-15-14;/h3-4,6-10H,1-2H3;4-6,8-9H,1-3H3;/q2*-1;. The van der Waals surface area contributed by atoms with Gasteiger partial charge in [0, 0.05) is 43.6 Å². The summed E-state index contributed by atoms with van der Waals surface area (Å²) in [6, 6.07) is 24.9. The van der Waals surface area contributed by atoms with E-state index in [1.807, 2.05) is 43.6 Å². The number of pyridine rings is 3. The van der Waals surface area contributed by atoms with Crippen molar-refractivity contribution in [1.82, 2.24) is 15.0 Å². The molecular weight excluding hydrogens is 691 g/mol. The summed E-state index contributed by atoms with van der Waals surface area (Å²) in [5, 5.41) is 5.48. The average molecular weight is 718 g/mol. The van der Waals surface area contributed by atoms with Crippen LogP contribution in [0.2, 0.25) is 0 Å². The van der Waals surface area contributed by atoms with Gasteiger partial charge in [0.25, 0.3) is 0 Å². The van der Waals surface area contributed by atoms with Crippen molar-refractivity contribution in [3.63, 3.8) is 0 Å². The second kappa shape index (κ2) is 11.4. The van der Waals surface area contributed by atoms with E-state index >= 15 is 0 Å². The minimum atomic E-state index is 0. The van der Waals surface area contributed by atoms with Crippen LogP contribution in [0.25, 0.3) is 54.7 Å². The Hall–Kier alpha value is -3.70. The molecule has 40 heavy (non-hydrogen) atoms. The SMILES string of the molecule is Cc1c[c-]c(-c2cc(C)c(C)cn2)cc1.Cc1ccc2c(n1)oc1c(-c3cc4c(C)csc4cn3)[c-]ccc12.[Ir]. The van der Waals surface area contributed by atoms with Crippen molar-refractivity contribution in [3.8, 4) is 22.5 Å². The largest absolute Gasteiger partial charge is 0.486 e. The van der Waals surface area contributed by atoms with Crippen LogP contribution >= 0.6 is 11.3 Å². The molecule has 7 aromatic rings. The number of nitrogens with zero attached hydrogens (tertiary/aromatic N) is 3. The number of rotatable bonds is 2. The third-order valence-electron chi connectivity index (χ3n) is 6.97. The van der Waals surface area contributed by atoms with Gasteiger partial charge in [0.1, 0.15) is 0 Å². The molecule has 4 nitrogen and oxygen atoms in total. The second-order valence-corrected chi connectivity index (χ2v) is 10.8. The van der Waals surface area contributed by atoms with Crippen LogP contribution in [0.4, 0.5) is 0 Å². The van der Waals surface area contributed by atoms with E-state index < -0.39 is 0 Å². The Morgan fingerprint density at radius 3 is 2.35 bits per heavy atom. The van der Waals surface area contributed by atoms with Gasteiger partial charge in [0.05, 0.1) is 10.3 Å². The van der Waals surface area contributed by atoms with Crippen LogP contribution in [0.3, 0.4) is 0 Å². The summed E-state index contributed by atoms with van der Waals surface area (Å²) in [6.45, 7) is 10.3. The molecule has 0 spiro atoms. The van der Waals surface area contributed by atoms with Gasteiger partial charge in [-0.25, -0.2) is 4.98 Å². The molecule has 0 aliphatic heterocycles. The van der Waals surface area contributed by atoms with Crippen LogP contribution in [0.5, 0.6) is 0 Å². The molecule has 5 heterocycles. The molecule has 0 aliphatic carbocycles. The summed E-state index contributed by atoms with van der Waals surface area (Å²) in [5.41, 5.74) is 11.2. The fourth-order valence-electron chi connectivity index (χ4n) is 4.54. The Morgan fingerprint density at radius 2 is 1.57 bits per heavy atom. The predicted molar refractivity (Wildman–Crippen MR) is 161 cm³/mol. The first-order valence-electron chi connectivity index (χ1n) is 12.8. The van der Waals surface area contributed by atoms with Crippen molar-refractivity contribution in [2.75, 3.05) is 0 Å². The van der Waals surface area contributed by atoms with Gasteiger partial charge in [-0.1, -0.05) is 35.6 Å². The van der Waals surface area contributed by atoms with E-state index in [4.69, 9.17) is 4.42 Å². The van der Waals surface area contributed by atoms with Gasteiger partial charge in [-0.15, -0.1) is 64.9 Å². The molecule has 201 valence electrons. The molecule has 0 saturated heterocycles. The fraction of sp³-hybridized carbons (Fsp3) is 0.147. The summed E-state index contributed by atoms with van der Waals surface area (Å²) in [6.07, 6.45) is 3.85. The second-order valence-electron chi connectivity index (χ2n) is 9.92. The van der Waals surface area contributed by atoms with E-state index in [0.717, 1.165) is 44.6 Å². The van der Waals surface area contributed by atoms with E-state index in [1.165, 1.54) is 32.3 Å². The zero-order chi connectivity index (χ0) is 27.1. The molecule has 0 bridgehead atoms. The average Bonchev–Trinajstić information content (AvgIpc) is 3.50. The molecule has 0 aliphatic rings. The summed E-state index contributed by atoms with van der Waals surface area (Å²) in [4.78, 5) is 13.5. The minimum absolute atomic E-state index is 0. The van der Waals surface area contributed by atoms with Crippen molar-refractivity contribution >= 4 is 43.5 Å². The van der Waals surface area contributed by atoms with E-state index in [0.29, 0.717) is 5.71 Å². The number of furan rings is 1. The summed E-state index contributed by atoms with van der Waals surface area (Å²) < 4.78 is 7.26. The molecule has 0 N–H and O–H groups in total. The molecule has 1 radical (unpaired) electrons. The van der Waals surface area contributed by atoms with Gasteiger partial charge in [-0.2, -0.15) is 0 Å². The van der Waals surface area contributed by atoms with Crippen molar-refractivity contribution in [3.05, 3.63) is 112 Å². The van der Waals surface area contributed by atoms with Crippen LogP contribution in [0.15, 0.2) is 76.8 Å². The quantitative estimate of drug-likeness (QED) is 0.168. The van der Waals surface area contributed by atoms with E-state index in [9.17, 15) is 0 Å². The van der Waals surface area contributed by atoms with Crippen LogP contribution in [0.1, 0.15) is 27.9 Å².